The van der Waals surface area contributed by atoms with E-state index in [-0.39, 0.29) is 12.2 Å². The Balaban J connectivity index is 1.56. The van der Waals surface area contributed by atoms with Crippen LogP contribution in [-0.2, 0) is 22.6 Å². The molecule has 2 fully saturated rings. The van der Waals surface area contributed by atoms with E-state index < -0.39 is 0 Å². The van der Waals surface area contributed by atoms with Gasteiger partial charge in [-0.25, -0.2) is 4.98 Å². The normalized spacial score (nSPS) is 25.0. The van der Waals surface area contributed by atoms with Crippen molar-refractivity contribution in [2.75, 3.05) is 33.4 Å². The molecule has 3 rings (SSSR count). The molecule has 1 aromatic rings. The Hall–Kier alpha value is -1.60. The van der Waals surface area contributed by atoms with E-state index in [2.05, 4.69) is 38.6 Å². The lowest BCUT2D eigenvalue weighted by Crippen LogP contribution is -2.53. The third-order valence-electron chi connectivity index (χ3n) is 4.75. The molecule has 0 radical (unpaired) electrons. The lowest BCUT2D eigenvalue weighted by atomic mass is 10.1. The smallest absolute Gasteiger partial charge is 0.194 e. The fourth-order valence-electron chi connectivity index (χ4n) is 3.55. The standard InChI is InChI=1S/C18H31N5O2/c1-14(2)12-22-7-6-20-17(22)11-21-18(19-3)23-8-10-25-16(13-23)15-5-4-9-24-15/h6-7,14-16H,4-5,8-13H2,1-3H3,(H,19,21). The van der Waals surface area contributed by atoms with Crippen molar-refractivity contribution in [1.29, 1.82) is 0 Å². The Morgan fingerprint density at radius 3 is 2.92 bits per heavy atom. The molecule has 2 atom stereocenters. The zero-order chi connectivity index (χ0) is 17.6. The molecule has 0 spiro atoms. The van der Waals surface area contributed by atoms with Gasteiger partial charge in [0.15, 0.2) is 5.96 Å². The van der Waals surface area contributed by atoms with Crippen LogP contribution in [0.5, 0.6) is 0 Å². The largest absolute Gasteiger partial charge is 0.375 e. The highest BCUT2D eigenvalue weighted by Gasteiger charge is 2.32. The summed E-state index contributed by atoms with van der Waals surface area (Å²) < 4.78 is 13.9. The third-order valence-corrected chi connectivity index (χ3v) is 4.75. The highest BCUT2D eigenvalue weighted by molar-refractivity contribution is 5.79. The predicted octanol–water partition coefficient (Wildman–Crippen LogP) is 1.49. The van der Waals surface area contributed by atoms with E-state index >= 15 is 0 Å². The molecule has 0 amide bonds. The van der Waals surface area contributed by atoms with E-state index in [9.17, 15) is 0 Å². The van der Waals surface area contributed by atoms with E-state index in [4.69, 9.17) is 9.47 Å². The lowest BCUT2D eigenvalue weighted by molar-refractivity contribution is -0.0817. The molecule has 2 saturated heterocycles. The van der Waals surface area contributed by atoms with Crippen LogP contribution in [0.2, 0.25) is 0 Å². The highest BCUT2D eigenvalue weighted by atomic mass is 16.5. The van der Waals surface area contributed by atoms with E-state index in [1.54, 1.807) is 0 Å². The van der Waals surface area contributed by atoms with Gasteiger partial charge in [-0.05, 0) is 18.8 Å². The van der Waals surface area contributed by atoms with Crippen LogP contribution in [0.25, 0.3) is 0 Å². The average Bonchev–Trinajstić information content (AvgIpc) is 3.27. The van der Waals surface area contributed by atoms with Crippen LogP contribution >= 0.6 is 0 Å². The molecular weight excluding hydrogens is 318 g/mol. The zero-order valence-electron chi connectivity index (χ0n) is 15.6. The molecule has 0 aliphatic carbocycles. The van der Waals surface area contributed by atoms with Gasteiger partial charge < -0.3 is 24.3 Å². The van der Waals surface area contributed by atoms with Gasteiger partial charge in [0.25, 0.3) is 0 Å². The summed E-state index contributed by atoms with van der Waals surface area (Å²) in [5.74, 6) is 2.54. The summed E-state index contributed by atoms with van der Waals surface area (Å²) in [5, 5.41) is 3.46. The molecular formula is C18H31N5O2. The molecule has 0 aromatic carbocycles. The first-order valence-corrected chi connectivity index (χ1v) is 9.36. The summed E-state index contributed by atoms with van der Waals surface area (Å²) in [7, 11) is 1.83. The second-order valence-corrected chi connectivity index (χ2v) is 7.20. The number of aromatic nitrogens is 2. The van der Waals surface area contributed by atoms with Crippen LogP contribution < -0.4 is 5.32 Å². The Morgan fingerprint density at radius 2 is 2.20 bits per heavy atom. The van der Waals surface area contributed by atoms with Crippen molar-refractivity contribution in [3.8, 4) is 0 Å². The summed E-state index contributed by atoms with van der Waals surface area (Å²) in [5.41, 5.74) is 0. The summed E-state index contributed by atoms with van der Waals surface area (Å²) >= 11 is 0. The van der Waals surface area contributed by atoms with E-state index in [1.165, 1.54) is 0 Å². The van der Waals surface area contributed by atoms with Gasteiger partial charge in [0.1, 0.15) is 11.9 Å². The monoisotopic (exact) mass is 349 g/mol. The van der Waals surface area contributed by atoms with Gasteiger partial charge in [-0.1, -0.05) is 13.8 Å². The average molecular weight is 349 g/mol. The molecule has 3 heterocycles. The SMILES string of the molecule is CN=C(NCc1nccn1CC(C)C)N1CCOC(C2CCCO2)C1. The predicted molar refractivity (Wildman–Crippen MR) is 97.6 cm³/mol. The topological polar surface area (TPSA) is 63.9 Å². The number of guanidine groups is 1. The zero-order valence-corrected chi connectivity index (χ0v) is 15.6. The Labute approximate surface area is 150 Å². The third kappa shape index (κ3) is 4.73. The van der Waals surface area contributed by atoms with Crippen molar-refractivity contribution in [3.63, 3.8) is 0 Å². The summed E-state index contributed by atoms with van der Waals surface area (Å²) in [4.78, 5) is 11.2. The molecule has 7 heteroatoms. The highest BCUT2D eigenvalue weighted by Crippen LogP contribution is 2.21. The molecule has 140 valence electrons. The Kier molecular flexibility index (Phi) is 6.31. The number of aliphatic imine (C=N–C) groups is 1. The first-order valence-electron chi connectivity index (χ1n) is 9.36. The van der Waals surface area contributed by atoms with E-state index in [0.717, 1.165) is 50.9 Å². The number of ether oxygens (including phenoxy) is 2. The van der Waals surface area contributed by atoms with Crippen LogP contribution in [0.1, 0.15) is 32.5 Å². The summed E-state index contributed by atoms with van der Waals surface area (Å²) in [6.07, 6.45) is 6.50. The Morgan fingerprint density at radius 1 is 1.36 bits per heavy atom. The van der Waals surface area contributed by atoms with Crippen molar-refractivity contribution >= 4 is 5.96 Å². The molecule has 7 nitrogen and oxygen atoms in total. The maximum Gasteiger partial charge on any atom is 0.194 e. The van der Waals surface area contributed by atoms with Crippen molar-refractivity contribution in [3.05, 3.63) is 18.2 Å². The number of nitrogens with one attached hydrogen (secondary N) is 1. The van der Waals surface area contributed by atoms with Crippen LogP contribution in [0.3, 0.4) is 0 Å². The van der Waals surface area contributed by atoms with Gasteiger partial charge >= 0.3 is 0 Å². The molecule has 25 heavy (non-hydrogen) atoms. The maximum atomic E-state index is 5.93. The van der Waals surface area contributed by atoms with Crippen molar-refractivity contribution in [2.45, 2.75) is 52.0 Å². The quantitative estimate of drug-likeness (QED) is 0.645. The summed E-state index contributed by atoms with van der Waals surface area (Å²) in [6, 6.07) is 0. The molecule has 0 bridgehead atoms. The minimum atomic E-state index is 0.137. The maximum absolute atomic E-state index is 5.93. The number of imidazole rings is 1. The number of hydrogen-bond donors (Lipinski definition) is 1. The molecule has 1 N–H and O–H groups in total. The molecule has 1 aromatic heterocycles. The molecule has 2 aliphatic heterocycles. The second kappa shape index (κ2) is 8.67. The minimum absolute atomic E-state index is 0.137. The number of rotatable bonds is 5. The van der Waals surface area contributed by atoms with Gasteiger partial charge in [-0.15, -0.1) is 0 Å². The van der Waals surface area contributed by atoms with E-state index in [0.29, 0.717) is 19.1 Å². The number of hydrogen-bond acceptors (Lipinski definition) is 4. The Bertz CT molecular complexity index is 566. The van der Waals surface area contributed by atoms with Gasteiger partial charge in [0.2, 0.25) is 0 Å². The first kappa shape index (κ1) is 18.2. The number of nitrogens with zero attached hydrogens (tertiary/aromatic N) is 4. The second-order valence-electron chi connectivity index (χ2n) is 7.20. The molecule has 2 aliphatic rings. The summed E-state index contributed by atoms with van der Waals surface area (Å²) in [6.45, 7) is 9.34. The van der Waals surface area contributed by atoms with E-state index in [1.807, 2.05) is 19.4 Å². The van der Waals surface area contributed by atoms with Crippen molar-refractivity contribution in [2.24, 2.45) is 10.9 Å². The van der Waals surface area contributed by atoms with Gasteiger partial charge in [-0.2, -0.15) is 0 Å². The fourth-order valence-corrected chi connectivity index (χ4v) is 3.55. The van der Waals surface area contributed by atoms with Crippen LogP contribution in [0, 0.1) is 5.92 Å². The minimum Gasteiger partial charge on any atom is -0.375 e. The van der Waals surface area contributed by atoms with Crippen LogP contribution in [0.15, 0.2) is 17.4 Å². The van der Waals surface area contributed by atoms with Crippen molar-refractivity contribution in [1.82, 2.24) is 19.8 Å². The lowest BCUT2D eigenvalue weighted by Gasteiger charge is -2.37. The molecule has 0 saturated carbocycles. The van der Waals surface area contributed by atoms with Gasteiger partial charge in [0, 0.05) is 45.7 Å². The van der Waals surface area contributed by atoms with Crippen LogP contribution in [0.4, 0.5) is 0 Å². The van der Waals surface area contributed by atoms with Gasteiger partial charge in [-0.3, -0.25) is 4.99 Å². The van der Waals surface area contributed by atoms with Crippen molar-refractivity contribution < 1.29 is 9.47 Å². The first-order chi connectivity index (χ1) is 12.2. The number of morpholine rings is 1. The van der Waals surface area contributed by atoms with Gasteiger partial charge in [0.05, 0.1) is 19.3 Å². The molecule has 2 unspecified atom stereocenters. The van der Waals surface area contributed by atoms with Crippen LogP contribution in [-0.4, -0.2) is 66.0 Å². The fraction of sp³-hybridized carbons (Fsp3) is 0.778.